The zero-order valence-electron chi connectivity index (χ0n) is 5.48. The summed E-state index contributed by atoms with van der Waals surface area (Å²) < 4.78 is 0. The van der Waals surface area contributed by atoms with E-state index in [9.17, 15) is 4.79 Å². The molecule has 0 rings (SSSR count). The van der Waals surface area contributed by atoms with Crippen LogP contribution in [0, 0.1) is 6.92 Å². The monoisotopic (exact) mass is 127 g/mol. The summed E-state index contributed by atoms with van der Waals surface area (Å²) in [6.45, 7) is 5.91. The van der Waals surface area contributed by atoms with Crippen LogP contribution in [-0.4, -0.2) is 12.6 Å². The minimum absolute atomic E-state index is 0.436. The maximum Gasteiger partial charge on any atom is 0.312 e. The van der Waals surface area contributed by atoms with E-state index in [0.29, 0.717) is 6.54 Å². The number of carbonyl (C=O) groups excluding carboxylic acids is 1. The van der Waals surface area contributed by atoms with Crippen LogP contribution in [-0.2, 0) is 0 Å². The fraction of sp³-hybridized carbons (Fsp3) is 0.333. The molecule has 0 aliphatic rings. The van der Waals surface area contributed by atoms with Crippen LogP contribution in [0.5, 0.6) is 0 Å². The standard InChI is InChI=1S/C6H11N2O/c1-3-5(2)4-8-6(7)9/h3H,2,4H2,1H3,(H3,7,8,9). The first-order chi connectivity index (χ1) is 4.16. The fourth-order valence-electron chi connectivity index (χ4n) is 0.303. The summed E-state index contributed by atoms with van der Waals surface area (Å²) >= 11 is 0. The quantitative estimate of drug-likeness (QED) is 0.555. The molecule has 0 aliphatic heterocycles. The molecule has 0 bridgehead atoms. The van der Waals surface area contributed by atoms with Crippen molar-refractivity contribution in [3.63, 3.8) is 0 Å². The minimum atomic E-state index is -0.516. The van der Waals surface area contributed by atoms with E-state index in [1.165, 1.54) is 0 Å². The second kappa shape index (κ2) is 3.95. The third-order valence-corrected chi connectivity index (χ3v) is 0.898. The molecule has 0 aromatic rings. The number of amides is 2. The minimum Gasteiger partial charge on any atom is -0.352 e. The van der Waals surface area contributed by atoms with Gasteiger partial charge in [-0.3, -0.25) is 0 Å². The molecule has 9 heavy (non-hydrogen) atoms. The van der Waals surface area contributed by atoms with E-state index in [2.05, 4.69) is 12.2 Å². The molecule has 3 heteroatoms. The first kappa shape index (κ1) is 8.01. The second-order valence-corrected chi connectivity index (χ2v) is 1.66. The summed E-state index contributed by atoms with van der Waals surface area (Å²) in [5.74, 6) is 0. The van der Waals surface area contributed by atoms with Crippen LogP contribution in [0.4, 0.5) is 4.79 Å². The number of rotatable bonds is 2. The van der Waals surface area contributed by atoms with Crippen molar-refractivity contribution < 1.29 is 4.79 Å². The van der Waals surface area contributed by atoms with Crippen molar-refractivity contribution in [2.45, 2.75) is 6.92 Å². The lowest BCUT2D eigenvalue weighted by Crippen LogP contribution is -2.30. The Kier molecular flexibility index (Phi) is 3.51. The van der Waals surface area contributed by atoms with Gasteiger partial charge >= 0.3 is 6.03 Å². The van der Waals surface area contributed by atoms with E-state index in [1.54, 1.807) is 0 Å². The molecule has 0 atom stereocenters. The third kappa shape index (κ3) is 4.87. The highest BCUT2D eigenvalue weighted by Crippen LogP contribution is 1.85. The van der Waals surface area contributed by atoms with E-state index < -0.39 is 6.03 Å². The van der Waals surface area contributed by atoms with Gasteiger partial charge in [0.05, 0.1) is 0 Å². The SMILES string of the molecule is [CH2]C(=CC)CNC(N)=O. The average molecular weight is 127 g/mol. The summed E-state index contributed by atoms with van der Waals surface area (Å²) in [6, 6.07) is -0.516. The molecular weight excluding hydrogens is 116 g/mol. The van der Waals surface area contributed by atoms with Crippen molar-refractivity contribution in [1.82, 2.24) is 5.32 Å². The molecule has 0 aliphatic carbocycles. The van der Waals surface area contributed by atoms with Crippen molar-refractivity contribution in [2.24, 2.45) is 5.73 Å². The van der Waals surface area contributed by atoms with Crippen LogP contribution in [0.1, 0.15) is 6.92 Å². The van der Waals surface area contributed by atoms with Crippen LogP contribution in [0.15, 0.2) is 11.6 Å². The van der Waals surface area contributed by atoms with E-state index >= 15 is 0 Å². The molecule has 0 spiro atoms. The van der Waals surface area contributed by atoms with Gasteiger partial charge in [0.15, 0.2) is 0 Å². The number of hydrogen-bond acceptors (Lipinski definition) is 1. The molecule has 0 fully saturated rings. The van der Waals surface area contributed by atoms with E-state index in [0.717, 1.165) is 5.57 Å². The highest BCUT2D eigenvalue weighted by molar-refractivity contribution is 5.71. The van der Waals surface area contributed by atoms with Crippen molar-refractivity contribution in [3.8, 4) is 0 Å². The second-order valence-electron chi connectivity index (χ2n) is 1.66. The molecule has 0 saturated heterocycles. The summed E-state index contributed by atoms with van der Waals surface area (Å²) in [6.07, 6.45) is 1.82. The van der Waals surface area contributed by atoms with Crippen LogP contribution in [0.25, 0.3) is 0 Å². The van der Waals surface area contributed by atoms with Crippen LogP contribution < -0.4 is 11.1 Å². The fourth-order valence-corrected chi connectivity index (χ4v) is 0.303. The normalized spacial score (nSPS) is 11.1. The maximum atomic E-state index is 10.1. The maximum absolute atomic E-state index is 10.1. The van der Waals surface area contributed by atoms with E-state index in [-0.39, 0.29) is 0 Å². The molecule has 2 amide bonds. The van der Waals surface area contributed by atoms with Gasteiger partial charge in [0, 0.05) is 6.54 Å². The Balaban J connectivity index is 3.39. The lowest BCUT2D eigenvalue weighted by molar-refractivity contribution is 0.250. The summed E-state index contributed by atoms with van der Waals surface area (Å²) in [7, 11) is 0. The summed E-state index contributed by atoms with van der Waals surface area (Å²) in [5.41, 5.74) is 5.65. The van der Waals surface area contributed by atoms with Gasteiger partial charge in [0.2, 0.25) is 0 Å². The Morgan fingerprint density at radius 1 is 1.89 bits per heavy atom. The van der Waals surface area contributed by atoms with Gasteiger partial charge in [-0.05, 0) is 13.8 Å². The number of urea groups is 1. The van der Waals surface area contributed by atoms with Gasteiger partial charge in [-0.2, -0.15) is 0 Å². The van der Waals surface area contributed by atoms with Gasteiger partial charge in [-0.1, -0.05) is 11.6 Å². The summed E-state index contributed by atoms with van der Waals surface area (Å²) in [5, 5.41) is 2.40. The van der Waals surface area contributed by atoms with Crippen molar-refractivity contribution >= 4 is 6.03 Å². The number of primary amides is 1. The number of hydrogen-bond donors (Lipinski definition) is 2. The Hall–Kier alpha value is -0.990. The van der Waals surface area contributed by atoms with E-state index in [4.69, 9.17) is 5.73 Å². The van der Waals surface area contributed by atoms with Gasteiger partial charge in [-0.15, -0.1) is 0 Å². The van der Waals surface area contributed by atoms with Gasteiger partial charge in [-0.25, -0.2) is 4.79 Å². The molecule has 1 radical (unpaired) electrons. The van der Waals surface area contributed by atoms with E-state index in [1.807, 2.05) is 13.0 Å². The molecule has 3 nitrogen and oxygen atoms in total. The predicted octanol–water partition coefficient (Wildman–Crippen LogP) is 0.435. The number of carbonyl (C=O) groups is 1. The zero-order valence-corrected chi connectivity index (χ0v) is 5.48. The van der Waals surface area contributed by atoms with Crippen molar-refractivity contribution in [2.75, 3.05) is 6.54 Å². The molecule has 3 N–H and O–H groups in total. The van der Waals surface area contributed by atoms with Gasteiger partial charge in [0.25, 0.3) is 0 Å². The highest BCUT2D eigenvalue weighted by atomic mass is 16.2. The number of nitrogens with two attached hydrogens (primary N) is 1. The third-order valence-electron chi connectivity index (χ3n) is 0.898. The molecule has 0 unspecified atom stereocenters. The molecule has 0 aromatic carbocycles. The molecule has 0 heterocycles. The zero-order chi connectivity index (χ0) is 7.28. The molecule has 51 valence electrons. The lowest BCUT2D eigenvalue weighted by Gasteiger charge is -1.98. The predicted molar refractivity (Wildman–Crippen MR) is 36.7 cm³/mol. The number of nitrogens with one attached hydrogen (secondary N) is 1. The molecule has 0 saturated carbocycles. The first-order valence-electron chi connectivity index (χ1n) is 2.67. The Labute approximate surface area is 54.9 Å². The Morgan fingerprint density at radius 2 is 2.44 bits per heavy atom. The lowest BCUT2D eigenvalue weighted by atomic mass is 10.3. The summed E-state index contributed by atoms with van der Waals surface area (Å²) in [4.78, 5) is 10.1. The van der Waals surface area contributed by atoms with Crippen molar-refractivity contribution in [3.05, 3.63) is 18.6 Å². The largest absolute Gasteiger partial charge is 0.352 e. The molecule has 0 aromatic heterocycles. The van der Waals surface area contributed by atoms with Crippen LogP contribution in [0.2, 0.25) is 0 Å². The smallest absolute Gasteiger partial charge is 0.312 e. The topological polar surface area (TPSA) is 55.1 Å². The van der Waals surface area contributed by atoms with Crippen LogP contribution in [0.3, 0.4) is 0 Å². The average Bonchev–Trinajstić information content (AvgIpc) is 1.83. The number of allylic oxidation sites excluding steroid dienone is 1. The first-order valence-corrected chi connectivity index (χ1v) is 2.67. The highest BCUT2D eigenvalue weighted by Gasteiger charge is 1.89. The van der Waals surface area contributed by atoms with Gasteiger partial charge < -0.3 is 11.1 Å². The Morgan fingerprint density at radius 3 is 2.78 bits per heavy atom. The Bertz CT molecular complexity index is 129. The molecular formula is C6H11N2O. The van der Waals surface area contributed by atoms with Gasteiger partial charge in [0.1, 0.15) is 0 Å². The van der Waals surface area contributed by atoms with Crippen LogP contribution >= 0.6 is 0 Å². The van der Waals surface area contributed by atoms with Crippen molar-refractivity contribution in [1.29, 1.82) is 0 Å².